The van der Waals surface area contributed by atoms with E-state index in [-0.39, 0.29) is 11.8 Å². The second-order valence-electron chi connectivity index (χ2n) is 5.91. The van der Waals surface area contributed by atoms with Gasteiger partial charge in [0.25, 0.3) is 0 Å². The van der Waals surface area contributed by atoms with E-state index in [2.05, 4.69) is 15.6 Å². The Morgan fingerprint density at radius 3 is 2.63 bits per heavy atom. The third-order valence-electron chi connectivity index (χ3n) is 4.01. The highest BCUT2D eigenvalue weighted by Crippen LogP contribution is 2.23. The van der Waals surface area contributed by atoms with Gasteiger partial charge in [-0.3, -0.25) is 0 Å². The van der Waals surface area contributed by atoms with Gasteiger partial charge in [0.2, 0.25) is 0 Å². The van der Waals surface area contributed by atoms with Crippen molar-refractivity contribution in [2.45, 2.75) is 10.9 Å². The number of rotatable bonds is 7. The Labute approximate surface area is 162 Å². The molecule has 0 bridgehead atoms. The Balaban J connectivity index is 1.61. The van der Waals surface area contributed by atoms with Crippen molar-refractivity contribution >= 4 is 17.8 Å². The Bertz CT molecular complexity index is 884. The first-order valence-corrected chi connectivity index (χ1v) is 9.57. The molecule has 1 aromatic heterocycles. The molecule has 0 radical (unpaired) electrons. The number of halogens is 1. The molecule has 0 saturated heterocycles. The van der Waals surface area contributed by atoms with E-state index in [1.54, 1.807) is 46.9 Å². The number of amides is 2. The van der Waals surface area contributed by atoms with Crippen molar-refractivity contribution in [1.29, 1.82) is 0 Å². The highest BCUT2D eigenvalue weighted by atomic mass is 32.2. The van der Waals surface area contributed by atoms with Crippen LogP contribution in [0.5, 0.6) is 0 Å². The van der Waals surface area contributed by atoms with Gasteiger partial charge in [-0.25, -0.2) is 14.2 Å². The van der Waals surface area contributed by atoms with Gasteiger partial charge in [-0.1, -0.05) is 36.4 Å². The lowest BCUT2D eigenvalue weighted by Crippen LogP contribution is -2.40. The Morgan fingerprint density at radius 2 is 1.93 bits per heavy atom. The van der Waals surface area contributed by atoms with E-state index < -0.39 is 6.04 Å². The molecule has 3 aromatic rings. The van der Waals surface area contributed by atoms with Crippen LogP contribution in [0.3, 0.4) is 0 Å². The van der Waals surface area contributed by atoms with Crippen LogP contribution in [-0.2, 0) is 7.05 Å². The maximum atomic E-state index is 14.3. The summed E-state index contributed by atoms with van der Waals surface area (Å²) in [5, 5.41) is 5.66. The number of imidazole rings is 1. The average Bonchev–Trinajstić information content (AvgIpc) is 3.10. The molecule has 0 spiro atoms. The zero-order valence-electron chi connectivity index (χ0n) is 14.9. The van der Waals surface area contributed by atoms with Crippen LogP contribution in [-0.4, -0.2) is 27.9 Å². The monoisotopic (exact) mass is 384 g/mol. The summed E-state index contributed by atoms with van der Waals surface area (Å²) in [4.78, 5) is 17.8. The number of nitrogens with one attached hydrogen (secondary N) is 2. The number of hydrogen-bond donors (Lipinski definition) is 2. The summed E-state index contributed by atoms with van der Waals surface area (Å²) in [5.41, 5.74) is 0.376. The van der Waals surface area contributed by atoms with E-state index in [9.17, 15) is 9.18 Å². The molecule has 0 fully saturated rings. The van der Waals surface area contributed by atoms with E-state index >= 15 is 0 Å². The fraction of sp³-hybridized carbons (Fsp3) is 0.200. The molecular weight excluding hydrogens is 363 g/mol. The fourth-order valence-corrected chi connectivity index (χ4v) is 3.47. The molecule has 1 atom stereocenters. The Hall–Kier alpha value is -2.80. The van der Waals surface area contributed by atoms with E-state index in [1.807, 2.05) is 37.4 Å². The molecule has 2 aromatic carbocycles. The molecule has 3 rings (SSSR count). The first-order chi connectivity index (χ1) is 13.1. The minimum absolute atomic E-state index is 0.361. The van der Waals surface area contributed by atoms with E-state index in [1.165, 1.54) is 6.07 Å². The van der Waals surface area contributed by atoms with Crippen molar-refractivity contribution in [3.63, 3.8) is 0 Å². The number of carbonyl (C=O) groups is 1. The van der Waals surface area contributed by atoms with Crippen LogP contribution < -0.4 is 10.6 Å². The number of benzene rings is 2. The zero-order valence-corrected chi connectivity index (χ0v) is 15.7. The summed E-state index contributed by atoms with van der Waals surface area (Å²) < 4.78 is 16.1. The molecular formula is C20H21FN4OS. The van der Waals surface area contributed by atoms with Gasteiger partial charge in [-0.15, -0.1) is 11.8 Å². The summed E-state index contributed by atoms with van der Waals surface area (Å²) in [5.74, 6) is 0.920. The first kappa shape index (κ1) is 19.0. The van der Waals surface area contributed by atoms with Gasteiger partial charge in [-0.2, -0.15) is 0 Å². The lowest BCUT2D eigenvalue weighted by Gasteiger charge is -2.20. The standard InChI is InChI=1S/C20H21FN4OS/c1-25-13-11-22-19(25)18(16-9-5-6-10-17(16)21)24-20(26)23-12-14-27-15-7-3-2-4-8-15/h2-11,13,18H,12,14H2,1H3,(H2,23,24,26)/t18-/m1/s1. The Morgan fingerprint density at radius 1 is 1.19 bits per heavy atom. The fourth-order valence-electron chi connectivity index (χ4n) is 2.68. The summed E-state index contributed by atoms with van der Waals surface area (Å²) in [6.07, 6.45) is 3.39. The minimum atomic E-state index is -0.673. The molecule has 27 heavy (non-hydrogen) atoms. The van der Waals surface area contributed by atoms with Crippen molar-refractivity contribution in [2.75, 3.05) is 12.3 Å². The summed E-state index contributed by atoms with van der Waals surface area (Å²) in [7, 11) is 1.81. The first-order valence-electron chi connectivity index (χ1n) is 8.59. The second-order valence-corrected chi connectivity index (χ2v) is 7.08. The second kappa shape index (κ2) is 9.23. The molecule has 0 aliphatic rings. The Kier molecular flexibility index (Phi) is 6.49. The number of nitrogens with zero attached hydrogens (tertiary/aromatic N) is 2. The van der Waals surface area contributed by atoms with Gasteiger partial charge >= 0.3 is 6.03 Å². The number of urea groups is 1. The summed E-state index contributed by atoms with van der Waals surface area (Å²) >= 11 is 1.66. The minimum Gasteiger partial charge on any atom is -0.337 e. The highest BCUT2D eigenvalue weighted by Gasteiger charge is 2.23. The van der Waals surface area contributed by atoms with Crippen molar-refractivity contribution in [3.05, 3.63) is 84.2 Å². The van der Waals surface area contributed by atoms with Crippen molar-refractivity contribution < 1.29 is 9.18 Å². The van der Waals surface area contributed by atoms with Crippen LogP contribution in [0.1, 0.15) is 17.4 Å². The maximum Gasteiger partial charge on any atom is 0.315 e. The van der Waals surface area contributed by atoms with Crippen LogP contribution in [0, 0.1) is 5.82 Å². The van der Waals surface area contributed by atoms with E-state index in [4.69, 9.17) is 0 Å². The molecule has 0 saturated carbocycles. The van der Waals surface area contributed by atoms with Gasteiger partial charge in [0, 0.05) is 42.2 Å². The number of thioether (sulfide) groups is 1. The highest BCUT2D eigenvalue weighted by molar-refractivity contribution is 7.99. The number of aromatic nitrogens is 2. The third kappa shape index (κ3) is 5.10. The lowest BCUT2D eigenvalue weighted by atomic mass is 10.1. The number of aryl methyl sites for hydroxylation is 1. The van der Waals surface area contributed by atoms with Crippen LogP contribution in [0.25, 0.3) is 0 Å². The normalized spacial score (nSPS) is 11.8. The van der Waals surface area contributed by atoms with Crippen LogP contribution in [0.15, 0.2) is 71.9 Å². The van der Waals surface area contributed by atoms with E-state index in [0.717, 1.165) is 10.6 Å². The predicted octanol–water partition coefficient (Wildman–Crippen LogP) is 3.74. The van der Waals surface area contributed by atoms with Gasteiger partial charge in [-0.05, 0) is 18.2 Å². The third-order valence-corrected chi connectivity index (χ3v) is 5.02. The molecule has 1 heterocycles. The summed E-state index contributed by atoms with van der Waals surface area (Å²) in [6.45, 7) is 0.496. The predicted molar refractivity (Wildman–Crippen MR) is 105 cm³/mol. The zero-order chi connectivity index (χ0) is 19.1. The maximum absolute atomic E-state index is 14.3. The molecule has 140 valence electrons. The van der Waals surface area contributed by atoms with E-state index in [0.29, 0.717) is 17.9 Å². The molecule has 2 amide bonds. The SMILES string of the molecule is Cn1ccnc1[C@H](NC(=O)NCCSc1ccccc1)c1ccccc1F. The average molecular weight is 384 g/mol. The van der Waals surface area contributed by atoms with Crippen LogP contribution >= 0.6 is 11.8 Å². The molecule has 2 N–H and O–H groups in total. The molecule has 0 aliphatic carbocycles. The molecule has 5 nitrogen and oxygen atoms in total. The van der Waals surface area contributed by atoms with Crippen LogP contribution in [0.2, 0.25) is 0 Å². The van der Waals surface area contributed by atoms with Crippen molar-refractivity contribution in [3.8, 4) is 0 Å². The molecule has 0 unspecified atom stereocenters. The number of carbonyl (C=O) groups excluding carboxylic acids is 1. The van der Waals surface area contributed by atoms with Crippen molar-refractivity contribution in [2.24, 2.45) is 7.05 Å². The van der Waals surface area contributed by atoms with Crippen molar-refractivity contribution in [1.82, 2.24) is 20.2 Å². The van der Waals surface area contributed by atoms with Gasteiger partial charge < -0.3 is 15.2 Å². The smallest absolute Gasteiger partial charge is 0.315 e. The largest absolute Gasteiger partial charge is 0.337 e. The summed E-state index contributed by atoms with van der Waals surface area (Å²) in [6, 6.07) is 15.3. The van der Waals surface area contributed by atoms with Gasteiger partial charge in [0.1, 0.15) is 17.7 Å². The quantitative estimate of drug-likeness (QED) is 0.482. The van der Waals surface area contributed by atoms with Gasteiger partial charge in [0.05, 0.1) is 0 Å². The lowest BCUT2D eigenvalue weighted by molar-refractivity contribution is 0.238. The van der Waals surface area contributed by atoms with Crippen LogP contribution in [0.4, 0.5) is 9.18 Å². The van der Waals surface area contributed by atoms with Gasteiger partial charge in [0.15, 0.2) is 0 Å². The topological polar surface area (TPSA) is 59.0 Å². The molecule has 7 heteroatoms. The number of hydrogen-bond acceptors (Lipinski definition) is 3. The molecule has 0 aliphatic heterocycles.